The number of hydrogen-bond acceptors (Lipinski definition) is 12. The summed E-state index contributed by atoms with van der Waals surface area (Å²) in [6, 6.07) is 0. The van der Waals surface area contributed by atoms with Gasteiger partial charge in [-0.2, -0.15) is 0 Å². The molecule has 0 amide bonds. The Morgan fingerprint density at radius 2 is 1.19 bits per heavy atom. The fraction of sp³-hybridized carbons (Fsp3) is 0.900. The molecule has 0 aliphatic carbocycles. The third-order valence-corrected chi connectivity index (χ3v) is 4.13. The molecule has 0 radical (unpaired) electrons. The highest BCUT2D eigenvalue weighted by Crippen LogP contribution is 2.05. The standard InChI is InChI=1S/C20H36O12/c1-2-30-19(23)17(21)18(22)20(24)32-4-3-16-15-29-12-11-27-8-7-25-5-6-26-9-10-28-13-14-31-16/h16-18,21-22H,2-15H2,1H3. The molecule has 0 aromatic carbocycles. The summed E-state index contributed by atoms with van der Waals surface area (Å²) in [6.45, 7) is 5.81. The number of aliphatic hydroxyl groups is 2. The molecule has 1 fully saturated rings. The van der Waals surface area contributed by atoms with Crippen LogP contribution in [0.25, 0.3) is 0 Å². The number of ether oxygens (including phenoxy) is 8. The zero-order chi connectivity index (χ0) is 23.4. The highest BCUT2D eigenvalue weighted by atomic mass is 16.6. The lowest BCUT2D eigenvalue weighted by Gasteiger charge is -2.20. The van der Waals surface area contributed by atoms with E-state index in [1.807, 2.05) is 0 Å². The Morgan fingerprint density at radius 1 is 0.750 bits per heavy atom. The SMILES string of the molecule is CCOC(=O)C(O)C(O)C(=O)OCCC1COCCOCCOCCOCCOCCO1. The van der Waals surface area contributed by atoms with Crippen molar-refractivity contribution >= 4 is 11.9 Å². The molecule has 12 heteroatoms. The van der Waals surface area contributed by atoms with E-state index in [9.17, 15) is 19.8 Å². The highest BCUT2D eigenvalue weighted by molar-refractivity contribution is 5.85. The fourth-order valence-electron chi connectivity index (χ4n) is 2.44. The van der Waals surface area contributed by atoms with Crippen molar-refractivity contribution in [1.29, 1.82) is 0 Å². The van der Waals surface area contributed by atoms with Gasteiger partial charge in [0.1, 0.15) is 0 Å². The van der Waals surface area contributed by atoms with E-state index in [4.69, 9.17) is 33.2 Å². The van der Waals surface area contributed by atoms with Crippen LogP contribution in [-0.4, -0.2) is 126 Å². The maximum absolute atomic E-state index is 11.9. The minimum absolute atomic E-state index is 0.00619. The summed E-state index contributed by atoms with van der Waals surface area (Å²) < 4.78 is 42.3. The lowest BCUT2D eigenvalue weighted by Crippen LogP contribution is -2.42. The molecule has 32 heavy (non-hydrogen) atoms. The average Bonchev–Trinajstić information content (AvgIpc) is 2.79. The van der Waals surface area contributed by atoms with Gasteiger partial charge in [0.2, 0.25) is 0 Å². The van der Waals surface area contributed by atoms with Crippen LogP contribution in [0, 0.1) is 0 Å². The average molecular weight is 468 g/mol. The maximum Gasteiger partial charge on any atom is 0.338 e. The Labute approximate surface area is 187 Å². The van der Waals surface area contributed by atoms with Crippen LogP contribution in [0.15, 0.2) is 0 Å². The molecule has 0 aromatic heterocycles. The minimum Gasteiger partial charge on any atom is -0.464 e. The fourth-order valence-corrected chi connectivity index (χ4v) is 2.44. The Bertz CT molecular complexity index is 471. The number of rotatable bonds is 7. The molecule has 188 valence electrons. The predicted molar refractivity (Wildman–Crippen MR) is 108 cm³/mol. The third-order valence-electron chi connectivity index (χ3n) is 4.13. The second-order valence-electron chi connectivity index (χ2n) is 6.62. The van der Waals surface area contributed by atoms with Crippen LogP contribution in [0.1, 0.15) is 13.3 Å². The van der Waals surface area contributed by atoms with Crippen molar-refractivity contribution in [2.75, 3.05) is 85.9 Å². The zero-order valence-corrected chi connectivity index (χ0v) is 18.6. The quantitative estimate of drug-likeness (QED) is 0.427. The van der Waals surface area contributed by atoms with Gasteiger partial charge in [-0.3, -0.25) is 0 Å². The van der Waals surface area contributed by atoms with Crippen LogP contribution < -0.4 is 0 Å². The van der Waals surface area contributed by atoms with Crippen LogP contribution in [-0.2, 0) is 47.5 Å². The molecule has 1 saturated heterocycles. The van der Waals surface area contributed by atoms with Crippen molar-refractivity contribution in [1.82, 2.24) is 0 Å². The van der Waals surface area contributed by atoms with E-state index in [0.717, 1.165) is 0 Å². The maximum atomic E-state index is 11.9. The summed E-state index contributed by atoms with van der Waals surface area (Å²) in [6.07, 6.45) is -4.18. The predicted octanol–water partition coefficient (Wildman–Crippen LogP) is -1.31. The molecular formula is C20H36O12. The Kier molecular flexibility index (Phi) is 17.1. The topological polar surface area (TPSA) is 148 Å². The van der Waals surface area contributed by atoms with Crippen molar-refractivity contribution in [2.45, 2.75) is 31.7 Å². The Balaban J connectivity index is 2.38. The molecule has 1 aliphatic heterocycles. The molecule has 1 heterocycles. The molecule has 0 bridgehead atoms. The highest BCUT2D eigenvalue weighted by Gasteiger charge is 2.32. The first-order valence-electron chi connectivity index (χ1n) is 10.8. The van der Waals surface area contributed by atoms with Gasteiger partial charge in [0.15, 0.2) is 12.2 Å². The first kappa shape index (κ1) is 28.7. The van der Waals surface area contributed by atoms with Gasteiger partial charge in [0, 0.05) is 6.42 Å². The van der Waals surface area contributed by atoms with E-state index in [2.05, 4.69) is 4.74 Å². The van der Waals surface area contributed by atoms with E-state index in [1.54, 1.807) is 0 Å². The summed E-state index contributed by atoms with van der Waals surface area (Å²) in [4.78, 5) is 23.3. The Hall–Kier alpha value is -1.38. The molecule has 0 aromatic rings. The largest absolute Gasteiger partial charge is 0.464 e. The van der Waals surface area contributed by atoms with Crippen molar-refractivity contribution in [3.05, 3.63) is 0 Å². The zero-order valence-electron chi connectivity index (χ0n) is 18.6. The second kappa shape index (κ2) is 19.1. The van der Waals surface area contributed by atoms with Crippen molar-refractivity contribution in [2.24, 2.45) is 0 Å². The molecule has 12 nitrogen and oxygen atoms in total. The molecular weight excluding hydrogens is 432 g/mol. The van der Waals surface area contributed by atoms with Gasteiger partial charge in [0.25, 0.3) is 0 Å². The van der Waals surface area contributed by atoms with E-state index in [0.29, 0.717) is 66.1 Å². The molecule has 1 rings (SSSR count). The summed E-state index contributed by atoms with van der Waals surface area (Å²) in [7, 11) is 0. The molecule has 1 aliphatic rings. The smallest absolute Gasteiger partial charge is 0.338 e. The summed E-state index contributed by atoms with van der Waals surface area (Å²) in [5.74, 6) is -2.23. The van der Waals surface area contributed by atoms with Gasteiger partial charge in [-0.15, -0.1) is 0 Å². The van der Waals surface area contributed by atoms with Crippen LogP contribution in [0.4, 0.5) is 0 Å². The Morgan fingerprint density at radius 3 is 1.69 bits per heavy atom. The van der Waals surface area contributed by atoms with E-state index < -0.39 is 30.3 Å². The van der Waals surface area contributed by atoms with Gasteiger partial charge in [0.05, 0.1) is 92.0 Å². The summed E-state index contributed by atoms with van der Waals surface area (Å²) in [5.41, 5.74) is 0. The normalized spacial score (nSPS) is 22.7. The van der Waals surface area contributed by atoms with Gasteiger partial charge in [-0.25, -0.2) is 9.59 Å². The van der Waals surface area contributed by atoms with Crippen molar-refractivity contribution in [3.8, 4) is 0 Å². The monoisotopic (exact) mass is 468 g/mol. The number of carbonyl (C=O) groups excluding carboxylic acids is 2. The third kappa shape index (κ3) is 13.9. The van der Waals surface area contributed by atoms with Crippen molar-refractivity contribution in [3.63, 3.8) is 0 Å². The van der Waals surface area contributed by atoms with Crippen molar-refractivity contribution < 1.29 is 57.7 Å². The van der Waals surface area contributed by atoms with E-state index in [-0.39, 0.29) is 26.2 Å². The van der Waals surface area contributed by atoms with Crippen LogP contribution >= 0.6 is 0 Å². The minimum atomic E-state index is -2.03. The van der Waals surface area contributed by atoms with Gasteiger partial charge >= 0.3 is 11.9 Å². The van der Waals surface area contributed by atoms with Gasteiger partial charge in [-0.1, -0.05) is 0 Å². The molecule has 3 unspecified atom stereocenters. The second-order valence-corrected chi connectivity index (χ2v) is 6.62. The first-order valence-corrected chi connectivity index (χ1v) is 10.8. The van der Waals surface area contributed by atoms with Gasteiger partial charge in [-0.05, 0) is 6.92 Å². The number of carbonyl (C=O) groups is 2. The van der Waals surface area contributed by atoms with E-state index in [1.165, 1.54) is 6.92 Å². The molecule has 0 spiro atoms. The van der Waals surface area contributed by atoms with E-state index >= 15 is 0 Å². The molecule has 2 N–H and O–H groups in total. The molecule has 3 atom stereocenters. The number of hydrogen-bond donors (Lipinski definition) is 2. The lowest BCUT2D eigenvalue weighted by molar-refractivity contribution is -0.173. The first-order chi connectivity index (χ1) is 15.6. The lowest BCUT2D eigenvalue weighted by atomic mass is 10.2. The van der Waals surface area contributed by atoms with Crippen LogP contribution in [0.3, 0.4) is 0 Å². The van der Waals surface area contributed by atoms with Crippen LogP contribution in [0.5, 0.6) is 0 Å². The molecule has 0 saturated carbocycles. The number of aliphatic hydroxyl groups excluding tert-OH is 2. The summed E-state index contributed by atoms with van der Waals surface area (Å²) >= 11 is 0. The van der Waals surface area contributed by atoms with Gasteiger partial charge < -0.3 is 48.1 Å². The number of esters is 2. The summed E-state index contributed by atoms with van der Waals surface area (Å²) in [5, 5.41) is 19.3. The van der Waals surface area contributed by atoms with Crippen LogP contribution in [0.2, 0.25) is 0 Å².